The van der Waals surface area contributed by atoms with Gasteiger partial charge in [0.1, 0.15) is 5.75 Å². The van der Waals surface area contributed by atoms with E-state index in [9.17, 15) is 8.42 Å². The van der Waals surface area contributed by atoms with Gasteiger partial charge in [-0.05, 0) is 11.8 Å². The third kappa shape index (κ3) is 7.98. The summed E-state index contributed by atoms with van der Waals surface area (Å²) in [5.41, 5.74) is 5.04. The van der Waals surface area contributed by atoms with Crippen LogP contribution in [0.3, 0.4) is 0 Å². The van der Waals surface area contributed by atoms with Crippen LogP contribution in [0.1, 0.15) is 20.3 Å². The van der Waals surface area contributed by atoms with Gasteiger partial charge in [-0.2, -0.15) is 0 Å². The van der Waals surface area contributed by atoms with Crippen molar-refractivity contribution in [2.45, 2.75) is 20.3 Å². The monoisotopic (exact) mass is 268 g/mol. The molecule has 0 heterocycles. The molecule has 7 heteroatoms. The van der Waals surface area contributed by atoms with Crippen LogP contribution in [0.25, 0.3) is 0 Å². The summed E-state index contributed by atoms with van der Waals surface area (Å²) in [5.74, 6) is -0.303. The summed E-state index contributed by atoms with van der Waals surface area (Å²) in [7, 11) is -1.78. The van der Waals surface area contributed by atoms with Crippen molar-refractivity contribution in [3.63, 3.8) is 0 Å². The smallest absolute Gasteiger partial charge is 0.218 e. The van der Waals surface area contributed by atoms with Gasteiger partial charge in [0.25, 0.3) is 0 Å². The van der Waals surface area contributed by atoms with Gasteiger partial charge in [0, 0.05) is 20.3 Å². The molecule has 0 atom stereocenters. The number of methoxy groups -OCH3 is 1. The average Bonchev–Trinajstić information content (AvgIpc) is 2.10. The second kappa shape index (κ2) is 6.48. The Morgan fingerprint density at radius 2 is 2.06 bits per heavy atom. The van der Waals surface area contributed by atoms with Crippen LogP contribution >= 0.6 is 12.2 Å². The first-order chi connectivity index (χ1) is 7.18. The topological polar surface area (TPSA) is 81.4 Å². The number of nitrogens with one attached hydrogen (secondary N) is 1. The zero-order chi connectivity index (χ0) is 12.8. The number of thiocarbonyl (C=S) groups is 1. The van der Waals surface area contributed by atoms with Gasteiger partial charge < -0.3 is 10.5 Å². The quantitative estimate of drug-likeness (QED) is 0.617. The Hall–Kier alpha value is -0.240. The molecule has 5 nitrogen and oxygen atoms in total. The molecule has 0 radical (unpaired) electrons. The second-order valence-corrected chi connectivity index (χ2v) is 6.78. The molecule has 0 spiro atoms. The van der Waals surface area contributed by atoms with Crippen molar-refractivity contribution in [3.05, 3.63) is 0 Å². The van der Waals surface area contributed by atoms with Crippen LogP contribution in [0.4, 0.5) is 0 Å². The standard InChI is InChI=1S/C9H20N2O3S2/c1-9(2,4-5-14-3)7-11-16(12,13)6-8(10)15/h11H,4-7H2,1-3H3,(H2,10,15). The van der Waals surface area contributed by atoms with Crippen molar-refractivity contribution in [3.8, 4) is 0 Å². The summed E-state index contributed by atoms with van der Waals surface area (Å²) in [5, 5.41) is 0. The van der Waals surface area contributed by atoms with Crippen LogP contribution in [0, 0.1) is 5.41 Å². The maximum atomic E-state index is 11.5. The highest BCUT2D eigenvalue weighted by Crippen LogP contribution is 2.18. The molecule has 0 saturated carbocycles. The van der Waals surface area contributed by atoms with Crippen molar-refractivity contribution in [2.75, 3.05) is 26.0 Å². The lowest BCUT2D eigenvalue weighted by Crippen LogP contribution is -2.38. The predicted octanol–water partition coefficient (Wildman–Crippen LogP) is 0.255. The molecule has 0 fully saturated rings. The van der Waals surface area contributed by atoms with E-state index >= 15 is 0 Å². The zero-order valence-corrected chi connectivity index (χ0v) is 11.6. The van der Waals surface area contributed by atoms with Crippen LogP contribution in [-0.4, -0.2) is 39.4 Å². The molecule has 0 aliphatic carbocycles. The normalized spacial score (nSPS) is 12.7. The lowest BCUT2D eigenvalue weighted by molar-refractivity contribution is 0.153. The second-order valence-electron chi connectivity index (χ2n) is 4.45. The van der Waals surface area contributed by atoms with Gasteiger partial charge >= 0.3 is 0 Å². The van der Waals surface area contributed by atoms with Crippen LogP contribution in [-0.2, 0) is 14.8 Å². The van der Waals surface area contributed by atoms with Gasteiger partial charge in [0.2, 0.25) is 10.0 Å². The van der Waals surface area contributed by atoms with Crippen LogP contribution in [0.2, 0.25) is 0 Å². The summed E-state index contributed by atoms with van der Waals surface area (Å²) in [6.45, 7) is 4.88. The summed E-state index contributed by atoms with van der Waals surface area (Å²) in [6, 6.07) is 0. The molecule has 0 saturated heterocycles. The Bertz CT molecular complexity index is 326. The lowest BCUT2D eigenvalue weighted by atomic mass is 9.90. The first-order valence-corrected chi connectivity index (χ1v) is 6.99. The molecule has 0 aliphatic heterocycles. The highest BCUT2D eigenvalue weighted by atomic mass is 32.2. The van der Waals surface area contributed by atoms with Gasteiger partial charge in [0.05, 0.1) is 4.99 Å². The minimum Gasteiger partial charge on any atom is -0.392 e. The van der Waals surface area contributed by atoms with Crippen molar-refractivity contribution in [2.24, 2.45) is 11.1 Å². The Morgan fingerprint density at radius 3 is 2.50 bits per heavy atom. The van der Waals surface area contributed by atoms with E-state index in [1.165, 1.54) is 0 Å². The number of sulfonamides is 1. The van der Waals surface area contributed by atoms with E-state index in [1.807, 2.05) is 13.8 Å². The fourth-order valence-electron chi connectivity index (χ4n) is 1.01. The van der Waals surface area contributed by atoms with E-state index in [0.29, 0.717) is 13.2 Å². The van der Waals surface area contributed by atoms with Gasteiger partial charge in [0.15, 0.2) is 0 Å². The lowest BCUT2D eigenvalue weighted by Gasteiger charge is -2.24. The van der Waals surface area contributed by atoms with Crippen molar-refractivity contribution < 1.29 is 13.2 Å². The Balaban J connectivity index is 4.17. The predicted molar refractivity (Wildman–Crippen MR) is 68.8 cm³/mol. The Kier molecular flexibility index (Phi) is 6.39. The first kappa shape index (κ1) is 15.8. The van der Waals surface area contributed by atoms with Crippen LogP contribution in [0.5, 0.6) is 0 Å². The SMILES string of the molecule is COCCC(C)(C)CNS(=O)(=O)CC(N)=S. The number of ether oxygens (including phenoxy) is 1. The van der Waals surface area contributed by atoms with Gasteiger partial charge in [-0.15, -0.1) is 0 Å². The molecule has 0 bridgehead atoms. The van der Waals surface area contributed by atoms with Gasteiger partial charge in [-0.3, -0.25) is 0 Å². The Labute approximate surface area is 103 Å². The highest BCUT2D eigenvalue weighted by molar-refractivity contribution is 7.92. The van der Waals surface area contributed by atoms with Crippen molar-refractivity contribution in [1.82, 2.24) is 4.72 Å². The van der Waals surface area contributed by atoms with Gasteiger partial charge in [-0.25, -0.2) is 13.1 Å². The molecule has 0 aromatic heterocycles. The first-order valence-electron chi connectivity index (χ1n) is 4.93. The zero-order valence-electron chi connectivity index (χ0n) is 9.95. The van der Waals surface area contributed by atoms with Gasteiger partial charge in [-0.1, -0.05) is 26.1 Å². The summed E-state index contributed by atoms with van der Waals surface area (Å²) in [4.78, 5) is -0.0257. The molecule has 0 aliphatic rings. The average molecular weight is 268 g/mol. The Morgan fingerprint density at radius 1 is 1.50 bits per heavy atom. The maximum Gasteiger partial charge on any atom is 0.218 e. The molecule has 0 unspecified atom stereocenters. The minimum absolute atomic E-state index is 0.0257. The summed E-state index contributed by atoms with van der Waals surface area (Å²) < 4.78 is 30.3. The molecule has 0 rings (SSSR count). The molecule has 3 N–H and O–H groups in total. The maximum absolute atomic E-state index is 11.5. The molecule has 16 heavy (non-hydrogen) atoms. The van der Waals surface area contributed by atoms with Crippen LogP contribution in [0.15, 0.2) is 0 Å². The van der Waals surface area contributed by atoms with E-state index in [-0.39, 0.29) is 16.2 Å². The number of nitrogens with two attached hydrogens (primary N) is 1. The van der Waals surface area contributed by atoms with Crippen molar-refractivity contribution in [1.29, 1.82) is 0 Å². The summed E-state index contributed by atoms with van der Waals surface area (Å²) in [6.07, 6.45) is 0.777. The number of hydrogen-bond acceptors (Lipinski definition) is 4. The molecule has 0 aromatic rings. The molecular weight excluding hydrogens is 248 g/mol. The summed E-state index contributed by atoms with van der Waals surface area (Å²) >= 11 is 4.56. The molecular formula is C9H20N2O3S2. The van der Waals surface area contributed by atoms with E-state index in [4.69, 9.17) is 10.5 Å². The minimum atomic E-state index is -3.40. The highest BCUT2D eigenvalue weighted by Gasteiger charge is 2.21. The third-order valence-electron chi connectivity index (χ3n) is 2.09. The van der Waals surface area contributed by atoms with E-state index in [0.717, 1.165) is 6.42 Å². The largest absolute Gasteiger partial charge is 0.392 e. The third-order valence-corrected chi connectivity index (χ3v) is 3.69. The fraction of sp³-hybridized carbons (Fsp3) is 0.889. The van der Waals surface area contributed by atoms with E-state index < -0.39 is 10.0 Å². The van der Waals surface area contributed by atoms with E-state index in [2.05, 4.69) is 16.9 Å². The van der Waals surface area contributed by atoms with Crippen LogP contribution < -0.4 is 10.5 Å². The van der Waals surface area contributed by atoms with E-state index in [1.54, 1.807) is 7.11 Å². The van der Waals surface area contributed by atoms with Crippen molar-refractivity contribution >= 4 is 27.2 Å². The molecule has 0 amide bonds. The number of rotatable bonds is 8. The molecule has 0 aromatic carbocycles. The molecule has 96 valence electrons. The number of hydrogen-bond donors (Lipinski definition) is 2. The fourth-order valence-corrected chi connectivity index (χ4v) is 2.56.